The van der Waals surface area contributed by atoms with Gasteiger partial charge >= 0.3 is 6.03 Å². The summed E-state index contributed by atoms with van der Waals surface area (Å²) in [6.07, 6.45) is 6.83. The number of urea groups is 1. The molecule has 0 spiro atoms. The summed E-state index contributed by atoms with van der Waals surface area (Å²) in [7, 11) is 3.88. The van der Waals surface area contributed by atoms with Gasteiger partial charge in [-0.05, 0) is 82.5 Å². The molecule has 0 aliphatic carbocycles. The highest BCUT2D eigenvalue weighted by atomic mass is 16.5. The van der Waals surface area contributed by atoms with Gasteiger partial charge in [0.1, 0.15) is 6.73 Å². The van der Waals surface area contributed by atoms with E-state index in [1.807, 2.05) is 4.90 Å². The van der Waals surface area contributed by atoms with Gasteiger partial charge in [0, 0.05) is 38.9 Å². The van der Waals surface area contributed by atoms with Gasteiger partial charge in [0.2, 0.25) is 0 Å². The van der Waals surface area contributed by atoms with Crippen molar-refractivity contribution in [3.05, 3.63) is 59.7 Å². The second-order valence-electron chi connectivity index (χ2n) is 11.0. The minimum absolute atomic E-state index is 0.00495. The summed E-state index contributed by atoms with van der Waals surface area (Å²) < 4.78 is 12.2. The first kappa shape index (κ1) is 27.6. The van der Waals surface area contributed by atoms with Crippen molar-refractivity contribution in [2.45, 2.75) is 76.5 Å². The number of nitrogens with one attached hydrogen (secondary N) is 1. The molecule has 0 radical (unpaired) electrons. The lowest BCUT2D eigenvalue weighted by molar-refractivity contribution is -0.109. The molecule has 3 atom stereocenters. The van der Waals surface area contributed by atoms with Crippen LogP contribution in [0.25, 0.3) is 11.1 Å². The number of likely N-dealkylation sites (N-methyl/N-ethyl adjacent to an activating group) is 1. The van der Waals surface area contributed by atoms with Crippen LogP contribution in [0.1, 0.15) is 63.0 Å². The van der Waals surface area contributed by atoms with Crippen LogP contribution >= 0.6 is 0 Å². The van der Waals surface area contributed by atoms with Crippen molar-refractivity contribution in [3.63, 3.8) is 0 Å². The van der Waals surface area contributed by atoms with E-state index in [0.29, 0.717) is 12.8 Å². The number of hydrogen-bond donors (Lipinski definition) is 1. The number of amides is 2. The number of ether oxygens (including phenoxy) is 2. The van der Waals surface area contributed by atoms with E-state index in [1.54, 1.807) is 7.11 Å². The minimum Gasteiger partial charge on any atom is -0.385 e. The van der Waals surface area contributed by atoms with Crippen molar-refractivity contribution in [2.75, 3.05) is 40.6 Å². The van der Waals surface area contributed by atoms with Crippen LogP contribution in [0, 0.1) is 6.92 Å². The number of aryl methyl sites for hydroxylation is 1. The van der Waals surface area contributed by atoms with Crippen molar-refractivity contribution < 1.29 is 14.3 Å². The van der Waals surface area contributed by atoms with E-state index in [2.05, 4.69) is 79.6 Å². The maximum Gasteiger partial charge on any atom is 0.319 e. The summed E-state index contributed by atoms with van der Waals surface area (Å²) in [5.41, 5.74) is 4.46. The third-order valence-electron chi connectivity index (χ3n) is 8.18. The molecule has 2 amide bonds. The van der Waals surface area contributed by atoms with Gasteiger partial charge in [0.25, 0.3) is 0 Å². The number of carbonyl (C=O) groups is 1. The molecule has 2 aliphatic rings. The lowest BCUT2D eigenvalue weighted by atomic mass is 9.79. The number of carbonyl (C=O) groups excluding carboxylic acids is 1. The summed E-state index contributed by atoms with van der Waals surface area (Å²) >= 11 is 0. The molecule has 2 fully saturated rings. The number of methoxy groups -OCH3 is 1. The van der Waals surface area contributed by atoms with Crippen molar-refractivity contribution in [1.29, 1.82) is 0 Å². The Morgan fingerprint density at radius 3 is 2.76 bits per heavy atom. The van der Waals surface area contributed by atoms with Crippen LogP contribution < -0.4 is 5.32 Å². The molecule has 2 aromatic carbocycles. The smallest absolute Gasteiger partial charge is 0.319 e. The Morgan fingerprint density at radius 2 is 2.00 bits per heavy atom. The van der Waals surface area contributed by atoms with Crippen LogP contribution in [-0.2, 0) is 15.1 Å². The Morgan fingerprint density at radius 1 is 1.16 bits per heavy atom. The van der Waals surface area contributed by atoms with Crippen LogP contribution in [-0.4, -0.2) is 68.5 Å². The maximum absolute atomic E-state index is 13.3. The topological polar surface area (TPSA) is 54.0 Å². The molecule has 1 unspecified atom stereocenters. The number of unbranched alkanes of at least 4 members (excludes halogenated alkanes) is 1. The van der Waals surface area contributed by atoms with Crippen molar-refractivity contribution in [3.8, 4) is 11.1 Å². The van der Waals surface area contributed by atoms with Crippen LogP contribution in [0.5, 0.6) is 0 Å². The normalized spacial score (nSPS) is 25.0. The highest BCUT2D eigenvalue weighted by Crippen LogP contribution is 2.42. The molecule has 2 aromatic rings. The average Bonchev–Trinajstić information content (AvgIpc) is 3.19. The van der Waals surface area contributed by atoms with Crippen LogP contribution in [0.2, 0.25) is 0 Å². The van der Waals surface area contributed by atoms with E-state index in [1.165, 1.54) is 22.3 Å². The monoisotopic (exact) mass is 507 g/mol. The van der Waals surface area contributed by atoms with E-state index in [4.69, 9.17) is 9.47 Å². The van der Waals surface area contributed by atoms with Gasteiger partial charge in [0.15, 0.2) is 0 Å². The highest BCUT2D eigenvalue weighted by Gasteiger charge is 2.37. The lowest BCUT2D eigenvalue weighted by Gasteiger charge is -2.40. The van der Waals surface area contributed by atoms with Crippen molar-refractivity contribution >= 4 is 6.03 Å². The fraction of sp³-hybridized carbons (Fsp3) is 0.581. The van der Waals surface area contributed by atoms with Crippen LogP contribution in [0.3, 0.4) is 0 Å². The zero-order valence-corrected chi connectivity index (χ0v) is 23.2. The van der Waals surface area contributed by atoms with Gasteiger partial charge in [-0.1, -0.05) is 54.1 Å². The number of rotatable bonds is 8. The van der Waals surface area contributed by atoms with Gasteiger partial charge in [0.05, 0.1) is 5.60 Å². The standard InChI is InChI=1S/C31H45N3O3/c1-24-12-11-13-26(20-24)28-14-5-6-15-29(28)31(17-8-10-19-36-4)16-7-9-18-34(23-37-31)30(35)32-27-21-25(2)33(3)22-27/h5-6,11-15,20,25,27H,7-10,16-19,21-23H2,1-4H3,(H,32,35)/t25?,27-,31+/m0/s1. The molecule has 0 saturated carbocycles. The van der Waals surface area contributed by atoms with Gasteiger partial charge in [-0.2, -0.15) is 0 Å². The number of likely N-dealkylation sites (tertiary alicyclic amines) is 1. The Balaban J connectivity index is 1.59. The quantitative estimate of drug-likeness (QED) is 0.450. The molecule has 0 aromatic heterocycles. The van der Waals surface area contributed by atoms with E-state index >= 15 is 0 Å². The van der Waals surface area contributed by atoms with Gasteiger partial charge < -0.3 is 24.6 Å². The summed E-state index contributed by atoms with van der Waals surface area (Å²) in [6, 6.07) is 18.1. The number of hydrogen-bond acceptors (Lipinski definition) is 4. The van der Waals surface area contributed by atoms with Crippen LogP contribution in [0.4, 0.5) is 4.79 Å². The summed E-state index contributed by atoms with van der Waals surface area (Å²) in [4.78, 5) is 17.5. The van der Waals surface area contributed by atoms with E-state index in [0.717, 1.165) is 64.6 Å². The second-order valence-corrected chi connectivity index (χ2v) is 11.0. The zero-order chi connectivity index (χ0) is 26.3. The summed E-state index contributed by atoms with van der Waals surface area (Å²) in [5.74, 6) is 0. The largest absolute Gasteiger partial charge is 0.385 e. The van der Waals surface area contributed by atoms with Crippen molar-refractivity contribution in [2.24, 2.45) is 0 Å². The summed E-state index contributed by atoms with van der Waals surface area (Å²) in [6.45, 7) is 7.03. The van der Waals surface area contributed by atoms with E-state index in [-0.39, 0.29) is 12.1 Å². The first-order chi connectivity index (χ1) is 17.9. The number of nitrogens with zero attached hydrogens (tertiary/aromatic N) is 2. The average molecular weight is 508 g/mol. The fourth-order valence-electron chi connectivity index (χ4n) is 5.92. The molecule has 6 nitrogen and oxygen atoms in total. The predicted octanol–water partition coefficient (Wildman–Crippen LogP) is 5.94. The second kappa shape index (κ2) is 12.9. The molecule has 0 bridgehead atoms. The Hall–Kier alpha value is -2.41. The Kier molecular flexibility index (Phi) is 9.63. The first-order valence-corrected chi connectivity index (χ1v) is 14.0. The molecule has 6 heteroatoms. The Labute approximate surface area is 223 Å². The third kappa shape index (κ3) is 6.92. The molecule has 4 rings (SSSR count). The Bertz CT molecular complexity index is 1020. The molecule has 2 aliphatic heterocycles. The summed E-state index contributed by atoms with van der Waals surface area (Å²) in [5, 5.41) is 3.28. The molecule has 2 heterocycles. The highest BCUT2D eigenvalue weighted by molar-refractivity contribution is 5.74. The van der Waals surface area contributed by atoms with E-state index < -0.39 is 5.60 Å². The van der Waals surface area contributed by atoms with Crippen LogP contribution in [0.15, 0.2) is 48.5 Å². The van der Waals surface area contributed by atoms with Gasteiger partial charge in [-0.3, -0.25) is 0 Å². The van der Waals surface area contributed by atoms with Gasteiger partial charge in [-0.25, -0.2) is 4.79 Å². The van der Waals surface area contributed by atoms with Crippen molar-refractivity contribution in [1.82, 2.24) is 15.1 Å². The first-order valence-electron chi connectivity index (χ1n) is 14.0. The van der Waals surface area contributed by atoms with Gasteiger partial charge in [-0.15, -0.1) is 0 Å². The predicted molar refractivity (Wildman–Crippen MR) is 150 cm³/mol. The SMILES string of the molecule is COCCCC[C@@]1(c2ccccc2-c2cccc(C)c2)CCCCN(C(=O)N[C@H]2CC(C)N(C)C2)CO1. The molecule has 202 valence electrons. The molecular weight excluding hydrogens is 462 g/mol. The maximum atomic E-state index is 13.3. The third-order valence-corrected chi connectivity index (χ3v) is 8.18. The molecular formula is C31H45N3O3. The zero-order valence-electron chi connectivity index (χ0n) is 23.2. The number of benzene rings is 2. The molecule has 37 heavy (non-hydrogen) atoms. The lowest BCUT2D eigenvalue weighted by Crippen LogP contribution is -2.49. The minimum atomic E-state index is -0.449. The van der Waals surface area contributed by atoms with E-state index in [9.17, 15) is 4.79 Å². The molecule has 1 N–H and O–H groups in total. The fourth-order valence-corrected chi connectivity index (χ4v) is 5.92. The molecule has 2 saturated heterocycles.